The van der Waals surface area contributed by atoms with Crippen LogP contribution >= 0.6 is 0 Å². The third-order valence-electron chi connectivity index (χ3n) is 5.92. The van der Waals surface area contributed by atoms with Crippen LogP contribution in [0.5, 0.6) is 0 Å². The lowest BCUT2D eigenvalue weighted by molar-refractivity contribution is -0.805. The molecule has 2 atom stereocenters. The molecule has 2 unspecified atom stereocenters. The minimum Gasteiger partial charge on any atom is -0.477 e. The molecule has 1 heterocycles. The summed E-state index contributed by atoms with van der Waals surface area (Å²) in [4.78, 5) is 15.7. The van der Waals surface area contributed by atoms with Crippen LogP contribution in [0.2, 0.25) is 0 Å². The second-order valence-corrected chi connectivity index (χ2v) is 8.42. The third kappa shape index (κ3) is 10.2. The second kappa shape index (κ2) is 15.4. The Kier molecular flexibility index (Phi) is 13.6. The second-order valence-electron chi connectivity index (χ2n) is 8.42. The Bertz CT molecular complexity index is 540. The maximum absolute atomic E-state index is 11.3. The van der Waals surface area contributed by atoms with Gasteiger partial charge in [0.05, 0.1) is 6.20 Å². The first-order chi connectivity index (χ1) is 14.0. The molecule has 0 aromatic rings. The van der Waals surface area contributed by atoms with E-state index in [0.717, 1.165) is 18.7 Å². The zero-order chi connectivity index (χ0) is 21.4. The fraction of sp³-hybridized carbons (Fsp3) is 0.750. The maximum atomic E-state index is 11.3. The number of hydrogen-bond acceptors (Lipinski definition) is 3. The molecule has 0 amide bonds. The molecule has 29 heavy (non-hydrogen) atoms. The van der Waals surface area contributed by atoms with Gasteiger partial charge < -0.3 is 5.11 Å². The number of allylic oxidation sites excluding steroid dienone is 2. The van der Waals surface area contributed by atoms with Crippen LogP contribution in [-0.4, -0.2) is 34.1 Å². The first-order valence-electron chi connectivity index (χ1n) is 11.7. The van der Waals surface area contributed by atoms with E-state index in [2.05, 4.69) is 24.1 Å². The summed E-state index contributed by atoms with van der Waals surface area (Å²) in [5.74, 6) is 0.0586. The average molecular weight is 407 g/mol. The normalized spacial score (nSPS) is 19.8. The van der Waals surface area contributed by atoms with Gasteiger partial charge in [0, 0.05) is 13.3 Å². The van der Waals surface area contributed by atoms with Crippen LogP contribution in [-0.2, 0) is 4.79 Å². The number of unbranched alkanes of at least 4 members (excludes halogenated alkanes) is 12. The number of quaternary nitrogens is 1. The van der Waals surface area contributed by atoms with E-state index in [0.29, 0.717) is 0 Å². The number of carboxylic acids is 1. The van der Waals surface area contributed by atoms with Crippen LogP contribution in [0.25, 0.3) is 0 Å². The van der Waals surface area contributed by atoms with Crippen molar-refractivity contribution < 1.29 is 14.4 Å². The van der Waals surface area contributed by atoms with Crippen LogP contribution in [0.1, 0.15) is 104 Å². The van der Waals surface area contributed by atoms with E-state index in [4.69, 9.17) is 5.73 Å². The quantitative estimate of drug-likeness (QED) is 0.164. The van der Waals surface area contributed by atoms with Gasteiger partial charge in [-0.25, -0.2) is 14.3 Å². The molecule has 0 spiro atoms. The molecule has 5 nitrogen and oxygen atoms in total. The van der Waals surface area contributed by atoms with Gasteiger partial charge in [0.25, 0.3) is 0 Å². The Labute approximate surface area is 178 Å². The third-order valence-corrected chi connectivity index (χ3v) is 5.92. The SMILES string of the molecule is C/C=C/CCCCCCCCCCCCCCC1=NC=C[N+]1(CC(=O)O)C(C)N. The van der Waals surface area contributed by atoms with Gasteiger partial charge in [0.15, 0.2) is 6.54 Å². The topological polar surface area (TPSA) is 75.7 Å². The summed E-state index contributed by atoms with van der Waals surface area (Å²) >= 11 is 0. The molecule has 0 aromatic heterocycles. The van der Waals surface area contributed by atoms with E-state index < -0.39 is 5.97 Å². The van der Waals surface area contributed by atoms with Gasteiger partial charge in [-0.05, 0) is 26.2 Å². The number of aliphatic carboxylic acids is 1. The highest BCUT2D eigenvalue weighted by molar-refractivity contribution is 5.81. The highest BCUT2D eigenvalue weighted by atomic mass is 16.4. The molecule has 1 aliphatic rings. The minimum absolute atomic E-state index is 0.0250. The Morgan fingerprint density at radius 3 is 2.03 bits per heavy atom. The lowest BCUT2D eigenvalue weighted by Gasteiger charge is -2.34. The van der Waals surface area contributed by atoms with Crippen molar-refractivity contribution in [2.75, 3.05) is 6.54 Å². The van der Waals surface area contributed by atoms with Crippen LogP contribution in [0.15, 0.2) is 29.5 Å². The predicted octanol–water partition coefficient (Wildman–Crippen LogP) is 6.11. The monoisotopic (exact) mass is 406 g/mol. The van der Waals surface area contributed by atoms with Crippen molar-refractivity contribution in [2.24, 2.45) is 10.7 Å². The van der Waals surface area contributed by atoms with Crippen LogP contribution in [0, 0.1) is 0 Å². The smallest absolute Gasteiger partial charge is 0.360 e. The van der Waals surface area contributed by atoms with Crippen molar-refractivity contribution >= 4 is 11.8 Å². The van der Waals surface area contributed by atoms with E-state index in [1.165, 1.54) is 77.0 Å². The summed E-state index contributed by atoms with van der Waals surface area (Å²) in [6.07, 6.45) is 25.5. The van der Waals surface area contributed by atoms with Crippen LogP contribution in [0.4, 0.5) is 0 Å². The molecule has 3 N–H and O–H groups in total. The van der Waals surface area contributed by atoms with E-state index in [1.54, 1.807) is 6.20 Å². The van der Waals surface area contributed by atoms with Crippen molar-refractivity contribution in [1.29, 1.82) is 0 Å². The fourth-order valence-electron chi connectivity index (χ4n) is 4.07. The minimum atomic E-state index is -0.838. The van der Waals surface area contributed by atoms with Gasteiger partial charge in [0.2, 0.25) is 5.84 Å². The lowest BCUT2D eigenvalue weighted by atomic mass is 10.0. The molecule has 0 radical (unpaired) electrons. The Hall–Kier alpha value is -1.46. The van der Waals surface area contributed by atoms with Gasteiger partial charge in [0.1, 0.15) is 12.4 Å². The number of carbonyl (C=O) groups is 1. The predicted molar refractivity (Wildman–Crippen MR) is 122 cm³/mol. The van der Waals surface area contributed by atoms with Gasteiger partial charge in [-0.1, -0.05) is 76.4 Å². The largest absolute Gasteiger partial charge is 0.477 e. The molecule has 0 saturated heterocycles. The number of carboxylic acid groups (broad SMARTS) is 1. The zero-order valence-electron chi connectivity index (χ0n) is 18.8. The highest BCUT2D eigenvalue weighted by Gasteiger charge is 2.40. The fourth-order valence-corrected chi connectivity index (χ4v) is 4.07. The van der Waals surface area contributed by atoms with Crippen molar-refractivity contribution in [3.05, 3.63) is 24.6 Å². The molecule has 1 aliphatic heterocycles. The number of nitrogens with two attached hydrogens (primary N) is 1. The molecular weight excluding hydrogens is 362 g/mol. The first-order valence-corrected chi connectivity index (χ1v) is 11.7. The molecule has 5 heteroatoms. The lowest BCUT2D eigenvalue weighted by Crippen LogP contribution is -2.59. The van der Waals surface area contributed by atoms with E-state index >= 15 is 0 Å². The Balaban J connectivity index is 2.01. The molecule has 0 saturated carbocycles. The molecular formula is C24H44N3O2+. The molecule has 166 valence electrons. The zero-order valence-corrected chi connectivity index (χ0v) is 18.8. The standard InChI is InChI=1S/C24H43N3O2/c1-3-4-5-6-7-8-9-10-11-12-13-14-15-16-17-18-23-26-19-20-27(23,22(2)25)21-24(28)29/h3-4,19-20,22H,5-18,21,25H2,1-2H3/p+1/b4-3+. The first kappa shape index (κ1) is 25.6. The number of hydrogen-bond donors (Lipinski definition) is 2. The van der Waals surface area contributed by atoms with E-state index in [9.17, 15) is 9.90 Å². The van der Waals surface area contributed by atoms with Crippen LogP contribution in [0.3, 0.4) is 0 Å². The summed E-state index contributed by atoms with van der Waals surface area (Å²) in [5, 5.41) is 9.25. The maximum Gasteiger partial charge on any atom is 0.360 e. The van der Waals surface area contributed by atoms with Crippen molar-refractivity contribution in [3.8, 4) is 0 Å². The van der Waals surface area contributed by atoms with E-state index in [1.807, 2.05) is 13.1 Å². The summed E-state index contributed by atoms with van der Waals surface area (Å²) in [6, 6.07) is 0. The van der Waals surface area contributed by atoms with Gasteiger partial charge in [-0.15, -0.1) is 0 Å². The summed E-state index contributed by atoms with van der Waals surface area (Å²) < 4.78 is 0.171. The summed E-state index contributed by atoms with van der Waals surface area (Å²) in [5.41, 5.74) is 6.10. The van der Waals surface area contributed by atoms with E-state index in [-0.39, 0.29) is 17.2 Å². The number of nitrogens with zero attached hydrogens (tertiary/aromatic N) is 2. The Morgan fingerprint density at radius 1 is 1.03 bits per heavy atom. The number of amidine groups is 1. The van der Waals surface area contributed by atoms with Gasteiger partial charge in [-0.3, -0.25) is 5.73 Å². The van der Waals surface area contributed by atoms with Crippen LogP contribution < -0.4 is 5.73 Å². The summed E-state index contributed by atoms with van der Waals surface area (Å²) in [6.45, 7) is 3.93. The van der Waals surface area contributed by atoms with Gasteiger partial charge >= 0.3 is 5.97 Å². The van der Waals surface area contributed by atoms with Gasteiger partial charge in [-0.2, -0.15) is 0 Å². The summed E-state index contributed by atoms with van der Waals surface area (Å²) in [7, 11) is 0. The molecule has 0 bridgehead atoms. The number of rotatable bonds is 18. The van der Waals surface area contributed by atoms with Crippen molar-refractivity contribution in [3.63, 3.8) is 0 Å². The number of aliphatic imine (C=N–C) groups is 1. The molecule has 0 aliphatic carbocycles. The van der Waals surface area contributed by atoms with Crippen molar-refractivity contribution in [1.82, 2.24) is 0 Å². The molecule has 1 rings (SSSR count). The Morgan fingerprint density at radius 2 is 1.55 bits per heavy atom. The highest BCUT2D eigenvalue weighted by Crippen LogP contribution is 2.23. The average Bonchev–Trinajstić information content (AvgIpc) is 3.08. The molecule has 0 fully saturated rings. The van der Waals surface area contributed by atoms with Crippen molar-refractivity contribution in [2.45, 2.75) is 110 Å². The molecule has 0 aromatic carbocycles.